The Morgan fingerprint density at radius 3 is 1.71 bits per heavy atom. The van der Waals surface area contributed by atoms with E-state index in [4.69, 9.17) is 4.74 Å². The minimum absolute atomic E-state index is 0. The number of unbranched alkanes of at least 4 members (excludes halogenated alkanes) is 9. The first-order valence-electron chi connectivity index (χ1n) is 6.61. The molecule has 0 saturated carbocycles. The van der Waals surface area contributed by atoms with Crippen molar-refractivity contribution in [1.82, 2.24) is 0 Å². The molecule has 0 bridgehead atoms. The minimum atomic E-state index is 0. The van der Waals surface area contributed by atoms with E-state index in [2.05, 4.69) is 31.8 Å². The van der Waals surface area contributed by atoms with E-state index in [9.17, 15) is 0 Å². The van der Waals surface area contributed by atoms with Crippen molar-refractivity contribution in [3.8, 4) is 0 Å². The Balaban J connectivity index is 0. The van der Waals surface area contributed by atoms with Gasteiger partial charge in [0, 0.05) is 4.38 Å². The number of thiocarbonyl (C=S) groups is 1. The molecule has 0 rings (SSSR count). The van der Waals surface area contributed by atoms with Crippen LogP contribution >= 0.6 is 12.2 Å². The van der Waals surface area contributed by atoms with Gasteiger partial charge in [-0.15, -0.1) is 0 Å². The molecular formula is C13H25CsOS2. The standard InChI is InChI=1S/C13H26OS2.Cs/c1-2-3-4-5-6-7-8-9-10-11-12-14-13(15)16;/h2-12H2,1H3,(H,15,16);/q;+1/p-1. The molecule has 0 spiro atoms. The van der Waals surface area contributed by atoms with Crippen LogP contribution in [0.1, 0.15) is 71.1 Å². The molecular weight excluding hydrogens is 369 g/mol. The molecule has 4 heteroatoms. The number of hydrogen-bond donors (Lipinski definition) is 0. The quantitative estimate of drug-likeness (QED) is 0.300. The van der Waals surface area contributed by atoms with Crippen molar-refractivity contribution in [2.24, 2.45) is 0 Å². The molecule has 0 radical (unpaired) electrons. The fourth-order valence-corrected chi connectivity index (χ4v) is 1.91. The third-order valence-corrected chi connectivity index (χ3v) is 2.95. The van der Waals surface area contributed by atoms with E-state index >= 15 is 0 Å². The van der Waals surface area contributed by atoms with Crippen LogP contribution in [0.15, 0.2) is 0 Å². The fraction of sp³-hybridized carbons (Fsp3) is 0.923. The summed E-state index contributed by atoms with van der Waals surface area (Å²) in [5.74, 6) is 0. The summed E-state index contributed by atoms with van der Waals surface area (Å²) in [5.41, 5.74) is 0. The van der Waals surface area contributed by atoms with Gasteiger partial charge in [0.05, 0.1) is 6.61 Å². The molecule has 1 nitrogen and oxygen atoms in total. The largest absolute Gasteiger partial charge is 1.00 e. The van der Waals surface area contributed by atoms with Crippen molar-refractivity contribution < 1.29 is 73.6 Å². The van der Waals surface area contributed by atoms with Crippen LogP contribution in [0.3, 0.4) is 0 Å². The number of ether oxygens (including phenoxy) is 1. The van der Waals surface area contributed by atoms with Gasteiger partial charge in [-0.1, -0.05) is 64.7 Å². The second-order valence-electron chi connectivity index (χ2n) is 4.28. The van der Waals surface area contributed by atoms with Crippen molar-refractivity contribution in [3.63, 3.8) is 0 Å². The Labute approximate surface area is 177 Å². The van der Waals surface area contributed by atoms with Crippen LogP contribution in [-0.4, -0.2) is 11.0 Å². The Morgan fingerprint density at radius 2 is 1.29 bits per heavy atom. The summed E-state index contributed by atoms with van der Waals surface area (Å²) < 4.78 is 5.32. The van der Waals surface area contributed by atoms with Crippen molar-refractivity contribution in [2.45, 2.75) is 71.1 Å². The van der Waals surface area contributed by atoms with Crippen LogP contribution < -0.4 is 68.9 Å². The SMILES string of the molecule is CCCCCCCCCCCCOC(=S)[S-].[Cs+]. The minimum Gasteiger partial charge on any atom is -0.514 e. The van der Waals surface area contributed by atoms with Gasteiger partial charge in [-0.05, 0) is 6.42 Å². The maximum Gasteiger partial charge on any atom is 1.00 e. The van der Waals surface area contributed by atoms with Crippen molar-refractivity contribution in [1.29, 1.82) is 0 Å². The Morgan fingerprint density at radius 1 is 0.882 bits per heavy atom. The van der Waals surface area contributed by atoms with Crippen LogP contribution in [0.5, 0.6) is 0 Å². The van der Waals surface area contributed by atoms with Gasteiger partial charge in [-0.2, -0.15) is 0 Å². The molecule has 0 N–H and O–H groups in total. The molecule has 0 amide bonds. The van der Waals surface area contributed by atoms with E-state index in [-0.39, 0.29) is 73.3 Å². The summed E-state index contributed by atoms with van der Waals surface area (Å²) in [4.78, 5) is 0. The zero-order valence-corrected chi connectivity index (χ0v) is 19.4. The molecule has 0 aromatic carbocycles. The first-order chi connectivity index (χ1) is 7.77. The fourth-order valence-electron chi connectivity index (χ4n) is 1.75. The van der Waals surface area contributed by atoms with E-state index in [1.165, 1.54) is 57.8 Å². The Hall–Kier alpha value is 2.16. The van der Waals surface area contributed by atoms with E-state index < -0.39 is 0 Å². The first kappa shape index (κ1) is 21.5. The van der Waals surface area contributed by atoms with Crippen LogP contribution in [-0.2, 0) is 17.4 Å². The maximum atomic E-state index is 5.06. The van der Waals surface area contributed by atoms with Crippen LogP contribution in [0.25, 0.3) is 0 Å². The molecule has 0 aliphatic rings. The third-order valence-electron chi connectivity index (χ3n) is 2.72. The average molecular weight is 394 g/mol. The molecule has 96 valence electrons. The third kappa shape index (κ3) is 20.6. The molecule has 17 heavy (non-hydrogen) atoms. The topological polar surface area (TPSA) is 9.23 Å². The summed E-state index contributed by atoms with van der Waals surface area (Å²) in [5, 5.41) is 0. The van der Waals surface area contributed by atoms with Gasteiger partial charge in [0.2, 0.25) is 0 Å². The molecule has 0 heterocycles. The van der Waals surface area contributed by atoms with Crippen molar-refractivity contribution >= 4 is 29.2 Å². The predicted octanol–water partition coefficient (Wildman–Crippen LogP) is 1.76. The zero-order valence-electron chi connectivity index (χ0n) is 11.5. The molecule has 0 fully saturated rings. The van der Waals surface area contributed by atoms with Crippen LogP contribution in [0.4, 0.5) is 0 Å². The monoisotopic (exact) mass is 394 g/mol. The van der Waals surface area contributed by atoms with Gasteiger partial charge >= 0.3 is 68.9 Å². The summed E-state index contributed by atoms with van der Waals surface area (Å²) in [6, 6.07) is 0. The molecule has 0 saturated heterocycles. The maximum absolute atomic E-state index is 5.06. The molecule has 0 aromatic rings. The summed E-state index contributed by atoms with van der Waals surface area (Å²) in [6.07, 6.45) is 13.4. The first-order valence-corrected chi connectivity index (χ1v) is 7.42. The van der Waals surface area contributed by atoms with Gasteiger partial charge in [-0.25, -0.2) is 0 Å². The average Bonchev–Trinajstić information content (AvgIpc) is 2.25. The second-order valence-corrected chi connectivity index (χ2v) is 5.28. The van der Waals surface area contributed by atoms with Crippen LogP contribution in [0, 0.1) is 0 Å². The normalized spacial score (nSPS) is 9.71. The van der Waals surface area contributed by atoms with E-state index in [1.54, 1.807) is 0 Å². The molecule has 0 aromatic heterocycles. The van der Waals surface area contributed by atoms with Gasteiger partial charge in [0.1, 0.15) is 0 Å². The van der Waals surface area contributed by atoms with E-state index in [0.717, 1.165) is 6.42 Å². The van der Waals surface area contributed by atoms with Crippen molar-refractivity contribution in [3.05, 3.63) is 0 Å². The summed E-state index contributed by atoms with van der Waals surface area (Å²) in [6.45, 7) is 2.97. The number of rotatable bonds is 11. The summed E-state index contributed by atoms with van der Waals surface area (Å²) >= 11 is 9.32. The zero-order chi connectivity index (χ0) is 12.1. The molecule has 0 unspecified atom stereocenters. The second kappa shape index (κ2) is 18.2. The van der Waals surface area contributed by atoms with Crippen molar-refractivity contribution in [2.75, 3.05) is 6.61 Å². The Bertz CT molecular complexity index is 165. The Kier molecular flexibility index (Phi) is 22.9. The predicted molar refractivity (Wildman–Crippen MR) is 77.8 cm³/mol. The molecule has 0 aliphatic carbocycles. The molecule has 0 aliphatic heterocycles. The molecule has 0 atom stereocenters. The number of hydrogen-bond acceptors (Lipinski definition) is 3. The van der Waals surface area contributed by atoms with Gasteiger partial charge in [-0.3, -0.25) is 0 Å². The van der Waals surface area contributed by atoms with Gasteiger partial charge < -0.3 is 29.6 Å². The smallest absolute Gasteiger partial charge is 0.514 e. The van der Waals surface area contributed by atoms with Gasteiger partial charge in [0.15, 0.2) is 0 Å². The van der Waals surface area contributed by atoms with E-state index in [0.29, 0.717) is 6.61 Å². The van der Waals surface area contributed by atoms with Gasteiger partial charge in [0.25, 0.3) is 0 Å². The van der Waals surface area contributed by atoms with E-state index in [1.807, 2.05) is 0 Å². The van der Waals surface area contributed by atoms with Crippen LogP contribution in [0.2, 0.25) is 0 Å². The summed E-state index contributed by atoms with van der Waals surface area (Å²) in [7, 11) is 0.